The predicted molar refractivity (Wildman–Crippen MR) is 201 cm³/mol. The molecule has 1 saturated heterocycles. The molecule has 0 saturated carbocycles. The summed E-state index contributed by atoms with van der Waals surface area (Å²) in [6.07, 6.45) is 1.24. The Balaban J connectivity index is 1.48. The summed E-state index contributed by atoms with van der Waals surface area (Å²) >= 11 is 0. The monoisotopic (exact) mass is 725 g/mol. The van der Waals surface area contributed by atoms with Crippen LogP contribution in [-0.2, 0) is 43.2 Å². The molecule has 1 heterocycles. The highest BCUT2D eigenvalue weighted by molar-refractivity contribution is 5.99. The number of nitrogens with two attached hydrogens (primary N) is 4. The Morgan fingerprint density at radius 1 is 0.660 bits per heavy atom. The first-order valence-electron chi connectivity index (χ1n) is 17.6. The van der Waals surface area contributed by atoms with Crippen molar-refractivity contribution in [2.24, 2.45) is 32.9 Å². The van der Waals surface area contributed by atoms with Gasteiger partial charge in [-0.15, -0.1) is 0 Å². The van der Waals surface area contributed by atoms with Gasteiger partial charge in [-0.05, 0) is 53.1 Å². The summed E-state index contributed by atoms with van der Waals surface area (Å²) in [6, 6.07) is 17.5. The fourth-order valence-electron chi connectivity index (χ4n) is 6.72. The number of nitrogens with one attached hydrogen (secondary N) is 5. The molecule has 1 fully saturated rings. The van der Waals surface area contributed by atoms with Crippen molar-refractivity contribution in [2.75, 3.05) is 19.6 Å². The second-order valence-electron chi connectivity index (χ2n) is 13.4. The molecule has 3 aromatic rings. The number of benzene rings is 3. The minimum absolute atomic E-state index is 0.0887. The summed E-state index contributed by atoms with van der Waals surface area (Å²) in [7, 11) is 0. The van der Waals surface area contributed by atoms with Crippen LogP contribution in [0.2, 0.25) is 0 Å². The van der Waals surface area contributed by atoms with Crippen LogP contribution in [0.3, 0.4) is 0 Å². The van der Waals surface area contributed by atoms with Crippen molar-refractivity contribution in [2.45, 2.75) is 68.6 Å². The van der Waals surface area contributed by atoms with Crippen molar-refractivity contribution >= 4 is 52.2 Å². The Kier molecular flexibility index (Phi) is 12.5. The molecule has 5 amide bonds. The van der Waals surface area contributed by atoms with Crippen molar-refractivity contribution in [1.29, 1.82) is 0 Å². The number of carbonyl (C=O) groups excluding carboxylic acids is 5. The summed E-state index contributed by atoms with van der Waals surface area (Å²) in [6.45, 7) is -0.101. The van der Waals surface area contributed by atoms with Crippen LogP contribution in [0.5, 0.6) is 0 Å². The predicted octanol–water partition coefficient (Wildman–Crippen LogP) is -1.27. The molecular weight excluding hydrogens is 678 g/mol. The lowest BCUT2D eigenvalue weighted by Crippen LogP contribution is -2.64. The number of hydrogen-bond donors (Lipinski definition) is 9. The molecule has 0 aromatic heterocycles. The summed E-state index contributed by atoms with van der Waals surface area (Å²) in [5, 5.41) is 15.9. The number of hydrogen-bond acceptors (Lipinski definition) is 7. The number of guanidine groups is 2. The molecule has 0 unspecified atom stereocenters. The largest absolute Gasteiger partial charge is 0.370 e. The van der Waals surface area contributed by atoms with Crippen molar-refractivity contribution in [1.82, 2.24) is 26.6 Å². The van der Waals surface area contributed by atoms with E-state index in [0.29, 0.717) is 12.8 Å². The number of carbonyl (C=O) groups is 5. The van der Waals surface area contributed by atoms with Gasteiger partial charge in [0.05, 0.1) is 6.54 Å². The number of aliphatic imine (C=N–C) groups is 2. The van der Waals surface area contributed by atoms with Crippen LogP contribution >= 0.6 is 0 Å². The van der Waals surface area contributed by atoms with Crippen LogP contribution in [0.25, 0.3) is 10.8 Å². The van der Waals surface area contributed by atoms with E-state index in [9.17, 15) is 24.0 Å². The SMILES string of the molecule is NC(N)=NCCC[C@@H]1NC(=O)[C@H](CCCN=C(N)N)NC(=O)C2(Cc3ccccc3C2)NC(=O)CNC(=O)[C@H](Cc2ccc3ccccc3c2)NC1=O. The fraction of sp³-hybridized carbons (Fsp3) is 0.378. The Hall–Kier alpha value is -6.19. The molecule has 13 N–H and O–H groups in total. The summed E-state index contributed by atoms with van der Waals surface area (Å²) in [5.74, 6) is -3.35. The van der Waals surface area contributed by atoms with Gasteiger partial charge < -0.3 is 49.5 Å². The molecule has 5 rings (SSSR count). The van der Waals surface area contributed by atoms with E-state index in [4.69, 9.17) is 22.9 Å². The van der Waals surface area contributed by atoms with Gasteiger partial charge >= 0.3 is 0 Å². The highest BCUT2D eigenvalue weighted by Gasteiger charge is 2.46. The fourth-order valence-corrected chi connectivity index (χ4v) is 6.72. The first kappa shape index (κ1) is 38.1. The average Bonchev–Trinajstić information content (AvgIpc) is 3.51. The highest BCUT2D eigenvalue weighted by Crippen LogP contribution is 2.31. The maximum Gasteiger partial charge on any atom is 0.247 e. The molecule has 0 radical (unpaired) electrons. The van der Waals surface area contributed by atoms with Gasteiger partial charge in [-0.1, -0.05) is 66.7 Å². The van der Waals surface area contributed by atoms with Gasteiger partial charge in [0.2, 0.25) is 29.5 Å². The third kappa shape index (κ3) is 10.2. The number of fused-ring (bicyclic) bond motifs is 2. The molecule has 1 spiro atoms. The van der Waals surface area contributed by atoms with E-state index in [-0.39, 0.29) is 57.1 Å². The van der Waals surface area contributed by atoms with Crippen LogP contribution in [0.4, 0.5) is 0 Å². The van der Waals surface area contributed by atoms with Crippen LogP contribution in [-0.4, -0.2) is 84.8 Å². The third-order valence-electron chi connectivity index (χ3n) is 9.37. The summed E-state index contributed by atoms with van der Waals surface area (Å²) in [5.41, 5.74) is 23.0. The van der Waals surface area contributed by atoms with Gasteiger partial charge in [0.15, 0.2) is 11.9 Å². The molecule has 280 valence electrons. The van der Waals surface area contributed by atoms with Crippen LogP contribution in [0.15, 0.2) is 76.7 Å². The van der Waals surface area contributed by atoms with Crippen molar-refractivity contribution < 1.29 is 24.0 Å². The van der Waals surface area contributed by atoms with Gasteiger partial charge in [0, 0.05) is 32.4 Å². The molecule has 3 aromatic carbocycles. The van der Waals surface area contributed by atoms with Gasteiger partial charge in [-0.25, -0.2) is 0 Å². The molecule has 3 atom stereocenters. The van der Waals surface area contributed by atoms with Crippen molar-refractivity contribution in [3.63, 3.8) is 0 Å². The quantitative estimate of drug-likeness (QED) is 0.0684. The molecule has 1 aliphatic carbocycles. The Bertz CT molecular complexity index is 1880. The second kappa shape index (κ2) is 17.4. The molecule has 16 heteroatoms. The average molecular weight is 726 g/mol. The summed E-state index contributed by atoms with van der Waals surface area (Å²) in [4.78, 5) is 77.5. The zero-order chi connectivity index (χ0) is 38.0. The van der Waals surface area contributed by atoms with E-state index in [2.05, 4.69) is 36.6 Å². The number of amides is 5. The Morgan fingerprint density at radius 3 is 1.81 bits per heavy atom. The first-order valence-corrected chi connectivity index (χ1v) is 17.6. The standard InChI is InChI=1S/C37H47N11O5/c38-35(39)42-15-5-11-27-32(51)46-29(18-22-13-14-23-7-1-2-8-24(23)17-22)31(50)44-21-30(49)48-37(19-25-9-3-4-10-26(25)20-37)34(53)47-28(33(52)45-27)12-6-16-43-36(40)41/h1-4,7-10,13-14,17,27-29H,5-6,11-12,15-16,18-21H2,(H,44,50)(H,45,52)(H,46,51)(H,47,53)(H,48,49)(H4,38,39,42)(H4,40,41,43)/t27-,28-,29-/m0/s1. The maximum atomic E-state index is 14.2. The lowest BCUT2D eigenvalue weighted by atomic mass is 9.93. The molecule has 1 aliphatic heterocycles. The number of nitrogens with zero attached hydrogens (tertiary/aromatic N) is 2. The normalized spacial score (nSPS) is 20.5. The van der Waals surface area contributed by atoms with E-state index >= 15 is 0 Å². The van der Waals surface area contributed by atoms with E-state index < -0.39 is 59.7 Å². The van der Waals surface area contributed by atoms with Gasteiger partial charge in [-0.3, -0.25) is 34.0 Å². The molecular formula is C37H47N11O5. The molecule has 53 heavy (non-hydrogen) atoms. The molecule has 16 nitrogen and oxygen atoms in total. The van der Waals surface area contributed by atoms with Crippen molar-refractivity contribution in [3.05, 3.63) is 83.4 Å². The highest BCUT2D eigenvalue weighted by atomic mass is 16.2. The van der Waals surface area contributed by atoms with Gasteiger partial charge in [0.25, 0.3) is 0 Å². The Labute approximate surface area is 307 Å². The van der Waals surface area contributed by atoms with E-state index in [1.807, 2.05) is 66.7 Å². The molecule has 0 bridgehead atoms. The van der Waals surface area contributed by atoms with E-state index in [1.165, 1.54) is 0 Å². The van der Waals surface area contributed by atoms with Crippen molar-refractivity contribution in [3.8, 4) is 0 Å². The Morgan fingerprint density at radius 2 is 1.21 bits per heavy atom. The second-order valence-corrected chi connectivity index (χ2v) is 13.4. The van der Waals surface area contributed by atoms with Crippen LogP contribution < -0.4 is 49.5 Å². The zero-order valence-electron chi connectivity index (χ0n) is 29.4. The van der Waals surface area contributed by atoms with Gasteiger partial charge in [-0.2, -0.15) is 0 Å². The third-order valence-corrected chi connectivity index (χ3v) is 9.37. The molecule has 2 aliphatic rings. The zero-order valence-corrected chi connectivity index (χ0v) is 29.4. The van der Waals surface area contributed by atoms with Gasteiger partial charge in [0.1, 0.15) is 23.7 Å². The van der Waals surface area contributed by atoms with Crippen LogP contribution in [0.1, 0.15) is 42.4 Å². The lowest BCUT2D eigenvalue weighted by molar-refractivity contribution is -0.136. The minimum Gasteiger partial charge on any atom is -0.370 e. The maximum absolute atomic E-state index is 14.2. The van der Waals surface area contributed by atoms with E-state index in [1.54, 1.807) is 0 Å². The summed E-state index contributed by atoms with van der Waals surface area (Å²) < 4.78 is 0. The smallest absolute Gasteiger partial charge is 0.247 e. The van der Waals surface area contributed by atoms with E-state index in [0.717, 1.165) is 27.5 Å². The minimum atomic E-state index is -1.46. The first-order chi connectivity index (χ1) is 25.4. The van der Waals surface area contributed by atoms with Crippen LogP contribution in [0, 0.1) is 0 Å². The lowest BCUT2D eigenvalue weighted by Gasteiger charge is -2.31. The topological polar surface area (TPSA) is 274 Å². The number of rotatable bonds is 10.